The molecule has 0 bridgehead atoms. The van der Waals surface area contributed by atoms with E-state index in [9.17, 15) is 5.11 Å². The lowest BCUT2D eigenvalue weighted by Gasteiger charge is -2.39. The number of hydrogen-bond acceptors (Lipinski definition) is 3. The van der Waals surface area contributed by atoms with E-state index in [2.05, 4.69) is 50.0 Å². The predicted octanol–water partition coefficient (Wildman–Crippen LogP) is 2.21. The first-order chi connectivity index (χ1) is 9.07. The molecule has 0 spiro atoms. The van der Waals surface area contributed by atoms with Gasteiger partial charge in [-0.15, -0.1) is 0 Å². The lowest BCUT2D eigenvalue weighted by molar-refractivity contribution is 0.104. The molecule has 0 saturated heterocycles. The maximum Gasteiger partial charge on any atom is 0.0799 e. The standard InChI is InChI=1S/C16H28N2O/c1-5-18(6-2)12-16(13-19,17-14(3)4)15-10-8-7-9-11-15/h7-11,14,17,19H,5-6,12-13H2,1-4H3. The number of nitrogens with zero attached hydrogens (tertiary/aromatic N) is 1. The molecule has 0 aliphatic carbocycles. The highest BCUT2D eigenvalue weighted by atomic mass is 16.3. The van der Waals surface area contributed by atoms with E-state index in [1.807, 2.05) is 18.2 Å². The Bertz CT molecular complexity index is 349. The Balaban J connectivity index is 3.07. The van der Waals surface area contributed by atoms with Crippen LogP contribution in [0.1, 0.15) is 33.3 Å². The van der Waals surface area contributed by atoms with Gasteiger partial charge in [-0.2, -0.15) is 0 Å². The van der Waals surface area contributed by atoms with Gasteiger partial charge in [0.25, 0.3) is 0 Å². The Morgan fingerprint density at radius 3 is 2.16 bits per heavy atom. The average Bonchev–Trinajstić information content (AvgIpc) is 2.44. The lowest BCUT2D eigenvalue weighted by Crippen LogP contribution is -2.55. The van der Waals surface area contributed by atoms with E-state index in [0.29, 0.717) is 6.04 Å². The summed E-state index contributed by atoms with van der Waals surface area (Å²) in [7, 11) is 0. The van der Waals surface area contributed by atoms with E-state index in [1.165, 1.54) is 0 Å². The van der Waals surface area contributed by atoms with E-state index in [0.717, 1.165) is 25.2 Å². The fraction of sp³-hybridized carbons (Fsp3) is 0.625. The SMILES string of the molecule is CCN(CC)CC(CO)(NC(C)C)c1ccccc1. The van der Waals surface area contributed by atoms with Gasteiger partial charge < -0.3 is 15.3 Å². The highest BCUT2D eigenvalue weighted by Gasteiger charge is 2.33. The highest BCUT2D eigenvalue weighted by molar-refractivity contribution is 5.25. The summed E-state index contributed by atoms with van der Waals surface area (Å²) in [6.07, 6.45) is 0. The summed E-state index contributed by atoms with van der Waals surface area (Å²) < 4.78 is 0. The Morgan fingerprint density at radius 1 is 1.16 bits per heavy atom. The number of aliphatic hydroxyl groups is 1. The molecule has 0 heterocycles. The van der Waals surface area contributed by atoms with Gasteiger partial charge in [0.15, 0.2) is 0 Å². The third kappa shape index (κ3) is 4.30. The van der Waals surface area contributed by atoms with Crippen molar-refractivity contribution in [3.05, 3.63) is 35.9 Å². The van der Waals surface area contributed by atoms with Gasteiger partial charge in [0, 0.05) is 12.6 Å². The zero-order valence-corrected chi connectivity index (χ0v) is 12.7. The molecule has 0 amide bonds. The van der Waals surface area contributed by atoms with Crippen LogP contribution in [0.2, 0.25) is 0 Å². The second kappa shape index (κ2) is 7.63. The summed E-state index contributed by atoms with van der Waals surface area (Å²) in [4.78, 5) is 2.35. The molecule has 0 radical (unpaired) electrons. The van der Waals surface area contributed by atoms with Gasteiger partial charge in [-0.3, -0.25) is 0 Å². The van der Waals surface area contributed by atoms with Crippen LogP contribution in [0.25, 0.3) is 0 Å². The summed E-state index contributed by atoms with van der Waals surface area (Å²) >= 11 is 0. The molecule has 3 nitrogen and oxygen atoms in total. The quantitative estimate of drug-likeness (QED) is 0.756. The smallest absolute Gasteiger partial charge is 0.0799 e. The van der Waals surface area contributed by atoms with Crippen molar-refractivity contribution in [2.45, 2.75) is 39.3 Å². The summed E-state index contributed by atoms with van der Waals surface area (Å²) in [6, 6.07) is 10.6. The molecule has 1 unspecified atom stereocenters. The number of nitrogens with one attached hydrogen (secondary N) is 1. The Kier molecular flexibility index (Phi) is 6.49. The van der Waals surface area contributed by atoms with E-state index in [4.69, 9.17) is 0 Å². The Morgan fingerprint density at radius 2 is 1.74 bits per heavy atom. The van der Waals surface area contributed by atoms with Crippen LogP contribution >= 0.6 is 0 Å². The molecule has 0 aliphatic rings. The second-order valence-corrected chi connectivity index (χ2v) is 5.37. The van der Waals surface area contributed by atoms with Crippen molar-refractivity contribution in [3.63, 3.8) is 0 Å². The maximum absolute atomic E-state index is 10.0. The molecule has 0 aromatic heterocycles. The minimum absolute atomic E-state index is 0.103. The van der Waals surface area contributed by atoms with Crippen LogP contribution in [-0.4, -0.2) is 42.3 Å². The lowest BCUT2D eigenvalue weighted by atomic mass is 9.89. The number of likely N-dealkylation sites (N-methyl/N-ethyl adjacent to an activating group) is 1. The number of aliphatic hydroxyl groups excluding tert-OH is 1. The third-order valence-corrected chi connectivity index (χ3v) is 3.55. The highest BCUT2D eigenvalue weighted by Crippen LogP contribution is 2.23. The van der Waals surface area contributed by atoms with E-state index in [1.54, 1.807) is 0 Å². The fourth-order valence-electron chi connectivity index (χ4n) is 2.55. The number of rotatable bonds is 8. The Labute approximate surface area is 117 Å². The van der Waals surface area contributed by atoms with Gasteiger partial charge in [-0.25, -0.2) is 0 Å². The van der Waals surface area contributed by atoms with Gasteiger partial charge in [-0.05, 0) is 32.5 Å². The molecule has 19 heavy (non-hydrogen) atoms. The van der Waals surface area contributed by atoms with E-state index in [-0.39, 0.29) is 12.1 Å². The van der Waals surface area contributed by atoms with Gasteiger partial charge in [0.1, 0.15) is 0 Å². The molecule has 0 saturated carbocycles. The molecular formula is C16H28N2O. The predicted molar refractivity (Wildman–Crippen MR) is 81.3 cm³/mol. The summed E-state index contributed by atoms with van der Waals surface area (Å²) in [5.74, 6) is 0. The third-order valence-electron chi connectivity index (χ3n) is 3.55. The van der Waals surface area contributed by atoms with Gasteiger partial charge in [-0.1, -0.05) is 44.2 Å². The van der Waals surface area contributed by atoms with Crippen molar-refractivity contribution in [1.82, 2.24) is 10.2 Å². The second-order valence-electron chi connectivity index (χ2n) is 5.37. The monoisotopic (exact) mass is 264 g/mol. The molecule has 1 aromatic carbocycles. The number of hydrogen-bond donors (Lipinski definition) is 2. The first-order valence-electron chi connectivity index (χ1n) is 7.24. The molecule has 3 heteroatoms. The van der Waals surface area contributed by atoms with Crippen LogP contribution in [0, 0.1) is 0 Å². The van der Waals surface area contributed by atoms with Gasteiger partial charge in [0.05, 0.1) is 12.1 Å². The van der Waals surface area contributed by atoms with Gasteiger partial charge in [0.2, 0.25) is 0 Å². The van der Waals surface area contributed by atoms with Crippen molar-refractivity contribution in [2.75, 3.05) is 26.2 Å². The maximum atomic E-state index is 10.0. The van der Waals surface area contributed by atoms with Crippen LogP contribution in [-0.2, 0) is 5.54 Å². The summed E-state index contributed by atoms with van der Waals surface area (Å²) in [5, 5.41) is 13.6. The summed E-state index contributed by atoms with van der Waals surface area (Å²) in [5.41, 5.74) is 0.764. The van der Waals surface area contributed by atoms with Crippen LogP contribution in [0.15, 0.2) is 30.3 Å². The summed E-state index contributed by atoms with van der Waals surface area (Å²) in [6.45, 7) is 11.5. The van der Waals surface area contributed by atoms with Crippen LogP contribution in [0.5, 0.6) is 0 Å². The molecule has 0 fully saturated rings. The normalized spacial score (nSPS) is 14.9. The first kappa shape index (κ1) is 16.2. The zero-order valence-electron chi connectivity index (χ0n) is 12.7. The molecule has 2 N–H and O–H groups in total. The fourth-order valence-corrected chi connectivity index (χ4v) is 2.55. The minimum Gasteiger partial charge on any atom is -0.394 e. The molecule has 108 valence electrons. The average molecular weight is 264 g/mol. The first-order valence-corrected chi connectivity index (χ1v) is 7.24. The zero-order chi connectivity index (χ0) is 14.3. The largest absolute Gasteiger partial charge is 0.394 e. The van der Waals surface area contributed by atoms with Crippen molar-refractivity contribution >= 4 is 0 Å². The Hall–Kier alpha value is -0.900. The molecule has 1 aromatic rings. The van der Waals surface area contributed by atoms with Crippen LogP contribution in [0.4, 0.5) is 0 Å². The van der Waals surface area contributed by atoms with Crippen LogP contribution < -0.4 is 5.32 Å². The van der Waals surface area contributed by atoms with Gasteiger partial charge >= 0.3 is 0 Å². The van der Waals surface area contributed by atoms with Crippen LogP contribution in [0.3, 0.4) is 0 Å². The van der Waals surface area contributed by atoms with E-state index < -0.39 is 0 Å². The number of benzene rings is 1. The van der Waals surface area contributed by atoms with Crippen molar-refractivity contribution in [1.29, 1.82) is 0 Å². The topological polar surface area (TPSA) is 35.5 Å². The molecule has 1 atom stereocenters. The minimum atomic E-state index is -0.387. The molecule has 0 aliphatic heterocycles. The molecular weight excluding hydrogens is 236 g/mol. The van der Waals surface area contributed by atoms with Crippen molar-refractivity contribution in [3.8, 4) is 0 Å². The van der Waals surface area contributed by atoms with Crippen molar-refractivity contribution in [2.24, 2.45) is 0 Å². The van der Waals surface area contributed by atoms with Crippen molar-refractivity contribution < 1.29 is 5.11 Å². The van der Waals surface area contributed by atoms with E-state index >= 15 is 0 Å². The molecule has 1 rings (SSSR count).